The summed E-state index contributed by atoms with van der Waals surface area (Å²) in [5.74, 6) is 0.166. The second-order valence-corrected chi connectivity index (χ2v) is 6.07. The number of nitrogens with one attached hydrogen (secondary N) is 3. The van der Waals surface area contributed by atoms with Gasteiger partial charge in [0.25, 0.3) is 0 Å². The fourth-order valence-electron chi connectivity index (χ4n) is 2.71. The molecule has 142 valence electrons. The predicted molar refractivity (Wildman–Crippen MR) is 96.0 cm³/mol. The van der Waals surface area contributed by atoms with E-state index in [0.29, 0.717) is 6.42 Å². The zero-order valence-electron chi connectivity index (χ0n) is 14.9. The Bertz CT molecular complexity index is 756. The first kappa shape index (κ1) is 20.0. The van der Waals surface area contributed by atoms with Gasteiger partial charge in [-0.05, 0) is 5.56 Å². The summed E-state index contributed by atoms with van der Waals surface area (Å²) in [5.41, 5.74) is 0.907. The average Bonchev–Trinajstić information content (AvgIpc) is 2.65. The predicted octanol–water partition coefficient (Wildman–Crippen LogP) is -0.716. The number of carbonyl (C=O) groups is 4. The number of terminal acetylenes is 1. The summed E-state index contributed by atoms with van der Waals surface area (Å²) in [6, 6.07) is 6.55. The normalized spacial score (nSPS) is 19.9. The van der Waals surface area contributed by atoms with Gasteiger partial charge in [-0.2, -0.15) is 0 Å². The van der Waals surface area contributed by atoms with E-state index in [2.05, 4.69) is 26.6 Å². The van der Waals surface area contributed by atoms with E-state index in [1.54, 1.807) is 0 Å². The molecule has 0 aliphatic carbocycles. The lowest BCUT2D eigenvalue weighted by molar-refractivity contribution is -0.145. The highest BCUT2D eigenvalue weighted by Crippen LogP contribution is 2.08. The van der Waals surface area contributed by atoms with Crippen molar-refractivity contribution in [3.63, 3.8) is 0 Å². The molecule has 3 atom stereocenters. The van der Waals surface area contributed by atoms with Crippen LogP contribution in [0.5, 0.6) is 0 Å². The third-order valence-electron chi connectivity index (χ3n) is 4.08. The number of ether oxygens (including phenoxy) is 1. The van der Waals surface area contributed by atoms with Crippen LogP contribution in [-0.2, 0) is 30.3 Å². The Kier molecular flexibility index (Phi) is 6.94. The summed E-state index contributed by atoms with van der Waals surface area (Å²) >= 11 is 0. The molecule has 1 saturated heterocycles. The first-order valence-electron chi connectivity index (χ1n) is 8.40. The highest BCUT2D eigenvalue weighted by atomic mass is 16.5. The largest absolute Gasteiger partial charge is 0.467 e. The monoisotopic (exact) mass is 371 g/mol. The first-order valence-corrected chi connectivity index (χ1v) is 8.40. The van der Waals surface area contributed by atoms with Gasteiger partial charge in [0, 0.05) is 12.8 Å². The van der Waals surface area contributed by atoms with Gasteiger partial charge in [0.05, 0.1) is 13.5 Å². The van der Waals surface area contributed by atoms with Gasteiger partial charge in [0.2, 0.25) is 17.7 Å². The van der Waals surface area contributed by atoms with E-state index in [-0.39, 0.29) is 18.7 Å². The zero-order valence-corrected chi connectivity index (χ0v) is 14.9. The second-order valence-electron chi connectivity index (χ2n) is 6.07. The van der Waals surface area contributed by atoms with Crippen molar-refractivity contribution in [3.8, 4) is 12.3 Å². The lowest BCUT2D eigenvalue weighted by Crippen LogP contribution is -2.63. The van der Waals surface area contributed by atoms with Crippen LogP contribution >= 0.6 is 0 Å². The Hall–Kier alpha value is -3.34. The molecule has 8 heteroatoms. The van der Waals surface area contributed by atoms with Gasteiger partial charge in [-0.25, -0.2) is 4.79 Å². The number of rotatable bonds is 7. The minimum atomic E-state index is -1.02. The third kappa shape index (κ3) is 5.57. The summed E-state index contributed by atoms with van der Waals surface area (Å²) in [6.45, 7) is 0. The highest BCUT2D eigenvalue weighted by molar-refractivity contribution is 5.99. The average molecular weight is 371 g/mol. The maximum atomic E-state index is 12.3. The Morgan fingerprint density at radius 3 is 2.44 bits per heavy atom. The molecule has 3 N–H and O–H groups in total. The van der Waals surface area contributed by atoms with E-state index in [9.17, 15) is 19.2 Å². The van der Waals surface area contributed by atoms with Crippen molar-refractivity contribution in [2.24, 2.45) is 0 Å². The van der Waals surface area contributed by atoms with E-state index in [4.69, 9.17) is 6.42 Å². The van der Waals surface area contributed by atoms with Crippen molar-refractivity contribution in [2.75, 3.05) is 7.11 Å². The Morgan fingerprint density at radius 1 is 1.19 bits per heavy atom. The number of benzene rings is 1. The number of hydrogen-bond donors (Lipinski definition) is 3. The number of amides is 3. The summed E-state index contributed by atoms with van der Waals surface area (Å²) in [5, 5.41) is 7.59. The van der Waals surface area contributed by atoms with Crippen LogP contribution < -0.4 is 16.0 Å². The van der Waals surface area contributed by atoms with Crippen LogP contribution in [0, 0.1) is 12.3 Å². The Balaban J connectivity index is 1.92. The molecule has 8 nitrogen and oxygen atoms in total. The van der Waals surface area contributed by atoms with E-state index in [1.807, 2.05) is 30.3 Å². The standard InChI is InChI=1S/C19H21N3O5/c1-3-7-13(19(26)27-2)20-16(23)11-15-18(25)21-14(17(24)22-15)10-12-8-5-4-6-9-12/h1,4-6,8-9,13-15H,7,10-11H2,2H3,(H,20,23)(H,21,25)(H,22,24)/t13-,14+,15+/m1/s1. The third-order valence-corrected chi connectivity index (χ3v) is 4.08. The van der Waals surface area contributed by atoms with E-state index in [1.165, 1.54) is 7.11 Å². The minimum absolute atomic E-state index is 0.0409. The van der Waals surface area contributed by atoms with Crippen molar-refractivity contribution in [1.29, 1.82) is 0 Å². The molecule has 1 aromatic rings. The number of piperazine rings is 1. The van der Waals surface area contributed by atoms with Gasteiger partial charge in [0.1, 0.15) is 18.1 Å². The number of esters is 1. The Labute approximate surface area is 157 Å². The fourth-order valence-corrected chi connectivity index (χ4v) is 2.71. The van der Waals surface area contributed by atoms with Crippen LogP contribution in [0.2, 0.25) is 0 Å². The summed E-state index contributed by atoms with van der Waals surface area (Å²) in [7, 11) is 1.18. The molecule has 1 aromatic carbocycles. The van der Waals surface area contributed by atoms with Crippen molar-refractivity contribution >= 4 is 23.7 Å². The SMILES string of the molecule is C#CC[C@@H](NC(=O)C[C@@H]1NC(=O)[C@H](Cc2ccccc2)NC1=O)C(=O)OC. The van der Waals surface area contributed by atoms with Crippen LogP contribution in [-0.4, -0.2) is 48.9 Å². The molecule has 0 spiro atoms. The van der Waals surface area contributed by atoms with Gasteiger partial charge in [-0.15, -0.1) is 12.3 Å². The van der Waals surface area contributed by atoms with Gasteiger partial charge in [-0.1, -0.05) is 30.3 Å². The molecule has 0 saturated carbocycles. The number of methoxy groups -OCH3 is 1. The van der Waals surface area contributed by atoms with E-state index >= 15 is 0 Å². The van der Waals surface area contributed by atoms with Crippen LogP contribution in [0.15, 0.2) is 30.3 Å². The molecule has 1 aliphatic rings. The molecule has 0 unspecified atom stereocenters. The first-order chi connectivity index (χ1) is 12.9. The van der Waals surface area contributed by atoms with Crippen molar-refractivity contribution in [2.45, 2.75) is 37.4 Å². The van der Waals surface area contributed by atoms with Crippen molar-refractivity contribution in [1.82, 2.24) is 16.0 Å². The van der Waals surface area contributed by atoms with Crippen molar-refractivity contribution < 1.29 is 23.9 Å². The van der Waals surface area contributed by atoms with Gasteiger partial charge in [-0.3, -0.25) is 14.4 Å². The number of hydrogen-bond acceptors (Lipinski definition) is 5. The summed E-state index contributed by atoms with van der Waals surface area (Å²) in [4.78, 5) is 48.2. The smallest absolute Gasteiger partial charge is 0.329 e. The van der Waals surface area contributed by atoms with Gasteiger partial charge < -0.3 is 20.7 Å². The van der Waals surface area contributed by atoms with Crippen LogP contribution in [0.4, 0.5) is 0 Å². The molecule has 27 heavy (non-hydrogen) atoms. The lowest BCUT2D eigenvalue weighted by Gasteiger charge is -2.29. The van der Waals surface area contributed by atoms with E-state index < -0.39 is 35.9 Å². The maximum Gasteiger partial charge on any atom is 0.329 e. The molecule has 0 aromatic heterocycles. The molecule has 2 rings (SSSR count). The van der Waals surface area contributed by atoms with Gasteiger partial charge >= 0.3 is 5.97 Å². The molecule has 1 fully saturated rings. The molecule has 0 radical (unpaired) electrons. The topological polar surface area (TPSA) is 114 Å². The molecular formula is C19H21N3O5. The molecule has 0 bridgehead atoms. The molecular weight excluding hydrogens is 350 g/mol. The molecule has 1 heterocycles. The van der Waals surface area contributed by atoms with Crippen molar-refractivity contribution in [3.05, 3.63) is 35.9 Å². The highest BCUT2D eigenvalue weighted by Gasteiger charge is 2.35. The Morgan fingerprint density at radius 2 is 1.81 bits per heavy atom. The zero-order chi connectivity index (χ0) is 19.8. The summed E-state index contributed by atoms with van der Waals surface area (Å²) in [6.07, 6.45) is 5.17. The lowest BCUT2D eigenvalue weighted by atomic mass is 10.0. The summed E-state index contributed by atoms with van der Waals surface area (Å²) < 4.78 is 4.57. The van der Waals surface area contributed by atoms with Crippen LogP contribution in [0.3, 0.4) is 0 Å². The number of carbonyl (C=O) groups excluding carboxylic acids is 4. The van der Waals surface area contributed by atoms with Crippen LogP contribution in [0.1, 0.15) is 18.4 Å². The van der Waals surface area contributed by atoms with Gasteiger partial charge in [0.15, 0.2) is 0 Å². The second kappa shape index (κ2) is 9.38. The molecule has 3 amide bonds. The minimum Gasteiger partial charge on any atom is -0.467 e. The van der Waals surface area contributed by atoms with Crippen LogP contribution in [0.25, 0.3) is 0 Å². The maximum absolute atomic E-state index is 12.3. The van der Waals surface area contributed by atoms with E-state index in [0.717, 1.165) is 5.56 Å². The quantitative estimate of drug-likeness (QED) is 0.433. The fraction of sp³-hybridized carbons (Fsp3) is 0.368. The molecule has 1 aliphatic heterocycles.